The van der Waals surface area contributed by atoms with Crippen LogP contribution >= 0.6 is 0 Å². The lowest BCUT2D eigenvalue weighted by Crippen LogP contribution is -2.28. The molecule has 2 N–H and O–H groups in total. The molecule has 2 amide bonds. The zero-order valence-corrected chi connectivity index (χ0v) is 10.7. The average molecular weight is 237 g/mol. The van der Waals surface area contributed by atoms with Crippen LogP contribution in [0.1, 0.15) is 6.92 Å². The molecule has 0 heterocycles. The van der Waals surface area contributed by atoms with E-state index >= 15 is 0 Å². The molecular weight excluding hydrogens is 218 g/mol. The minimum atomic E-state index is -0.232. The number of allylic oxidation sites excluding steroid dienone is 2. The highest BCUT2D eigenvalue weighted by atomic mass is 16.2. The Bertz CT molecular complexity index is 381. The summed E-state index contributed by atoms with van der Waals surface area (Å²) in [5.41, 5.74) is 6.75. The van der Waals surface area contributed by atoms with Crippen LogP contribution in [0.3, 0.4) is 0 Å². The van der Waals surface area contributed by atoms with Crippen LogP contribution in [0.2, 0.25) is 0 Å². The second-order valence-corrected chi connectivity index (χ2v) is 3.83. The lowest BCUT2D eigenvalue weighted by atomic mass is 10.1. The molecule has 0 saturated heterocycles. The van der Waals surface area contributed by atoms with E-state index in [4.69, 9.17) is 5.73 Å². The van der Waals surface area contributed by atoms with Gasteiger partial charge in [0.25, 0.3) is 5.91 Å². The van der Waals surface area contributed by atoms with E-state index in [1.807, 2.05) is 0 Å². The minimum absolute atomic E-state index is 0.232. The van der Waals surface area contributed by atoms with Crippen molar-refractivity contribution >= 4 is 12.3 Å². The van der Waals surface area contributed by atoms with E-state index in [0.717, 1.165) is 5.57 Å². The summed E-state index contributed by atoms with van der Waals surface area (Å²) in [6, 6.07) is 0. The van der Waals surface area contributed by atoms with Crippen molar-refractivity contribution in [3.8, 4) is 0 Å². The van der Waals surface area contributed by atoms with E-state index in [0.29, 0.717) is 17.7 Å². The molecule has 0 aromatic heterocycles. The van der Waals surface area contributed by atoms with Crippen LogP contribution in [0, 0.1) is 0 Å². The largest absolute Gasteiger partial charge is 0.404 e. The van der Waals surface area contributed by atoms with Gasteiger partial charge in [-0.25, -0.2) is 0 Å². The van der Waals surface area contributed by atoms with E-state index in [1.54, 1.807) is 27.1 Å². The van der Waals surface area contributed by atoms with Crippen molar-refractivity contribution in [2.45, 2.75) is 6.92 Å². The normalized spacial score (nSPS) is 12.0. The Hall–Kier alpha value is -2.04. The zero-order chi connectivity index (χ0) is 13.6. The number of hydrogen-bond acceptors (Lipinski definition) is 3. The number of carbonyl (C=O) groups is 2. The van der Waals surface area contributed by atoms with Gasteiger partial charge >= 0.3 is 0 Å². The summed E-state index contributed by atoms with van der Waals surface area (Å²) in [5, 5.41) is 0. The molecule has 0 spiro atoms. The van der Waals surface area contributed by atoms with Crippen molar-refractivity contribution in [3.63, 3.8) is 0 Å². The van der Waals surface area contributed by atoms with E-state index in [-0.39, 0.29) is 5.91 Å². The summed E-state index contributed by atoms with van der Waals surface area (Å²) < 4.78 is 0. The molecule has 0 bridgehead atoms. The molecule has 94 valence electrons. The van der Waals surface area contributed by atoms with E-state index in [9.17, 15) is 9.59 Å². The van der Waals surface area contributed by atoms with Crippen LogP contribution in [-0.2, 0) is 9.59 Å². The topological polar surface area (TPSA) is 66.6 Å². The van der Waals surface area contributed by atoms with E-state index < -0.39 is 0 Å². The molecule has 0 atom stereocenters. The number of carbonyl (C=O) groups excluding carboxylic acids is 2. The highest BCUT2D eigenvalue weighted by molar-refractivity contribution is 5.98. The van der Waals surface area contributed by atoms with Gasteiger partial charge in [0.15, 0.2) is 0 Å². The van der Waals surface area contributed by atoms with Crippen molar-refractivity contribution in [1.82, 2.24) is 9.80 Å². The fourth-order valence-electron chi connectivity index (χ4n) is 1.04. The third kappa shape index (κ3) is 4.14. The Kier molecular flexibility index (Phi) is 5.74. The maximum absolute atomic E-state index is 11.9. The Balaban J connectivity index is 5.41. The predicted molar refractivity (Wildman–Crippen MR) is 67.7 cm³/mol. The molecule has 0 radical (unpaired) electrons. The standard InChI is InChI=1S/C12H19N3O2/c1-9(7-13)6-11(12(17)14(3)4)10(2)15(5)8-16/h6-8H,2,13H2,1,3-5H3/b9-7-,11-6+. The Morgan fingerprint density at radius 2 is 1.82 bits per heavy atom. The molecule has 0 saturated carbocycles. The summed E-state index contributed by atoms with van der Waals surface area (Å²) >= 11 is 0. The summed E-state index contributed by atoms with van der Waals surface area (Å²) in [4.78, 5) is 25.3. The van der Waals surface area contributed by atoms with E-state index in [2.05, 4.69) is 6.58 Å². The quantitative estimate of drug-likeness (QED) is 0.429. The predicted octanol–water partition coefficient (Wildman–Crippen LogP) is 0.465. The fourth-order valence-corrected chi connectivity index (χ4v) is 1.04. The monoisotopic (exact) mass is 237 g/mol. The smallest absolute Gasteiger partial charge is 0.255 e. The Morgan fingerprint density at radius 3 is 2.18 bits per heavy atom. The van der Waals surface area contributed by atoms with Gasteiger partial charge < -0.3 is 15.5 Å². The van der Waals surface area contributed by atoms with Gasteiger partial charge in [0, 0.05) is 26.8 Å². The van der Waals surface area contributed by atoms with Gasteiger partial charge in [0.05, 0.1) is 5.57 Å². The van der Waals surface area contributed by atoms with Crippen molar-refractivity contribution in [1.29, 1.82) is 0 Å². The first-order valence-corrected chi connectivity index (χ1v) is 5.04. The second kappa shape index (κ2) is 6.52. The number of likely N-dealkylation sites (N-methyl/N-ethyl adjacent to an activating group) is 2. The molecule has 0 aliphatic carbocycles. The molecule has 0 rings (SSSR count). The van der Waals surface area contributed by atoms with Gasteiger partial charge in [-0.05, 0) is 24.8 Å². The molecular formula is C12H19N3O2. The molecule has 0 aliphatic heterocycles. The second-order valence-electron chi connectivity index (χ2n) is 3.83. The van der Waals surface area contributed by atoms with Crippen LogP contribution in [-0.4, -0.2) is 43.3 Å². The van der Waals surface area contributed by atoms with Gasteiger partial charge in [0.1, 0.15) is 0 Å². The lowest BCUT2D eigenvalue weighted by molar-refractivity contribution is -0.124. The van der Waals surface area contributed by atoms with Gasteiger partial charge in [-0.15, -0.1) is 0 Å². The zero-order valence-electron chi connectivity index (χ0n) is 10.7. The lowest BCUT2D eigenvalue weighted by Gasteiger charge is -2.20. The molecule has 0 aromatic carbocycles. The molecule has 0 aliphatic rings. The first-order valence-electron chi connectivity index (χ1n) is 5.04. The summed E-state index contributed by atoms with van der Waals surface area (Å²) in [6.07, 6.45) is 3.59. The van der Waals surface area contributed by atoms with Crippen LogP contribution in [0.4, 0.5) is 0 Å². The van der Waals surface area contributed by atoms with Crippen LogP contribution in [0.25, 0.3) is 0 Å². The minimum Gasteiger partial charge on any atom is -0.404 e. The summed E-state index contributed by atoms with van der Waals surface area (Å²) in [7, 11) is 4.80. The maximum Gasteiger partial charge on any atom is 0.255 e. The summed E-state index contributed by atoms with van der Waals surface area (Å²) in [6.45, 7) is 5.49. The summed E-state index contributed by atoms with van der Waals surface area (Å²) in [5.74, 6) is -0.232. The van der Waals surface area contributed by atoms with Crippen molar-refractivity contribution < 1.29 is 9.59 Å². The van der Waals surface area contributed by atoms with Crippen LogP contribution in [0.5, 0.6) is 0 Å². The molecule has 17 heavy (non-hydrogen) atoms. The van der Waals surface area contributed by atoms with Gasteiger partial charge in [-0.3, -0.25) is 9.59 Å². The molecule has 5 nitrogen and oxygen atoms in total. The third-order valence-corrected chi connectivity index (χ3v) is 2.17. The van der Waals surface area contributed by atoms with Crippen molar-refractivity contribution in [3.05, 3.63) is 35.7 Å². The van der Waals surface area contributed by atoms with Crippen LogP contribution < -0.4 is 5.73 Å². The van der Waals surface area contributed by atoms with E-state index in [1.165, 1.54) is 23.0 Å². The third-order valence-electron chi connectivity index (χ3n) is 2.17. The molecule has 5 heteroatoms. The SMILES string of the molecule is C=C(/C(=C\C(C)=C/N)C(=O)N(C)C)N(C)C=O. The number of nitrogens with zero attached hydrogens (tertiary/aromatic N) is 2. The first-order chi connectivity index (χ1) is 7.84. The highest BCUT2D eigenvalue weighted by Gasteiger charge is 2.17. The Labute approximate surface area is 102 Å². The number of nitrogens with two attached hydrogens (primary N) is 1. The average Bonchev–Trinajstić information content (AvgIpc) is 2.32. The number of hydrogen-bond donors (Lipinski definition) is 1. The van der Waals surface area contributed by atoms with Crippen molar-refractivity contribution in [2.24, 2.45) is 5.73 Å². The number of rotatable bonds is 5. The number of amides is 2. The molecule has 0 unspecified atom stereocenters. The highest BCUT2D eigenvalue weighted by Crippen LogP contribution is 2.15. The van der Waals surface area contributed by atoms with Gasteiger partial charge in [-0.1, -0.05) is 6.58 Å². The van der Waals surface area contributed by atoms with Crippen LogP contribution in [0.15, 0.2) is 35.7 Å². The first kappa shape index (κ1) is 15.0. The molecule has 0 aromatic rings. The van der Waals surface area contributed by atoms with Crippen molar-refractivity contribution in [2.75, 3.05) is 21.1 Å². The Morgan fingerprint density at radius 1 is 1.29 bits per heavy atom. The fraction of sp³-hybridized carbons (Fsp3) is 0.333. The maximum atomic E-state index is 11.9. The molecule has 0 fully saturated rings. The van der Waals surface area contributed by atoms with Gasteiger partial charge in [-0.2, -0.15) is 0 Å². The van der Waals surface area contributed by atoms with Gasteiger partial charge in [0.2, 0.25) is 6.41 Å².